The molecule has 0 saturated carbocycles. The predicted molar refractivity (Wildman–Crippen MR) is 429 cm³/mol. The number of ether oxygens (including phenoxy) is 1. The van der Waals surface area contributed by atoms with Crippen LogP contribution in [0.3, 0.4) is 0 Å². The summed E-state index contributed by atoms with van der Waals surface area (Å²) in [4.78, 5) is 293. The normalized spacial score (nSPS) is 20.7. The van der Waals surface area contributed by atoms with E-state index >= 15 is 0 Å². The molecule has 0 spiro atoms. The molecule has 3 aromatic rings. The number of nitrogen functional groups attached to an aromatic ring is 1. The predicted octanol–water partition coefficient (Wildman–Crippen LogP) is -5.38. The lowest BCUT2D eigenvalue weighted by Crippen LogP contribution is -2.62. The van der Waals surface area contributed by atoms with Crippen LogP contribution in [0.4, 0.5) is 5.69 Å². The van der Waals surface area contributed by atoms with E-state index < -0.39 is 267 Å². The highest BCUT2D eigenvalue weighted by Gasteiger charge is 2.42. The van der Waals surface area contributed by atoms with Crippen molar-refractivity contribution in [3.63, 3.8) is 0 Å². The topological polar surface area (TPSA) is 751 Å². The van der Waals surface area contributed by atoms with Crippen molar-refractivity contribution in [2.24, 2.45) is 34.8 Å². The van der Waals surface area contributed by atoms with Gasteiger partial charge in [-0.05, 0) is 94.1 Å². The minimum atomic E-state index is -2.47. The number of primary amides is 2. The van der Waals surface area contributed by atoms with Crippen LogP contribution in [0, 0.1) is 11.8 Å². The van der Waals surface area contributed by atoms with E-state index in [2.05, 4.69) is 82.6 Å². The molecule has 1 aliphatic rings. The number of fused-ring (bicyclic) bond motifs is 1. The fourth-order valence-corrected chi connectivity index (χ4v) is 12.7. The number of amides is 15. The number of carboxylic acid groups (broad SMARTS) is 4. The number of carbonyl (C=O) groups is 21. The van der Waals surface area contributed by atoms with Crippen LogP contribution in [0.5, 0.6) is 0 Å². The van der Waals surface area contributed by atoms with Gasteiger partial charge < -0.3 is 128 Å². The minimum absolute atomic E-state index is 0.0115. The zero-order valence-corrected chi connectivity index (χ0v) is 67.9. The summed E-state index contributed by atoms with van der Waals surface area (Å²) in [7, 11) is 0. The molecular weight excluding hydrogens is 1610 g/mol. The lowest BCUT2D eigenvalue weighted by molar-refractivity contribution is -0.156. The van der Waals surface area contributed by atoms with Crippen LogP contribution >= 0.6 is 0 Å². The highest BCUT2D eigenvalue weighted by Crippen LogP contribution is 2.22. The first-order valence-electron chi connectivity index (χ1n) is 39.4. The number of aliphatic carboxylic acids is 4. The van der Waals surface area contributed by atoms with Crippen molar-refractivity contribution in [1.29, 1.82) is 0 Å². The molecule has 1 fully saturated rings. The molecule has 45 nitrogen and oxygen atoms in total. The summed E-state index contributed by atoms with van der Waals surface area (Å²) >= 11 is 0. The van der Waals surface area contributed by atoms with E-state index in [1.165, 1.54) is 24.3 Å². The van der Waals surface area contributed by atoms with Crippen molar-refractivity contribution >= 4 is 141 Å². The maximum atomic E-state index is 15.0. The summed E-state index contributed by atoms with van der Waals surface area (Å²) in [6.45, 7) is 3.50. The van der Waals surface area contributed by atoms with E-state index in [-0.39, 0.29) is 62.9 Å². The lowest BCUT2D eigenvalue weighted by atomic mass is 9.95. The van der Waals surface area contributed by atoms with Crippen LogP contribution in [-0.2, 0) is 107 Å². The largest absolute Gasteiger partial charge is 0.481 e. The van der Waals surface area contributed by atoms with Crippen molar-refractivity contribution in [3.8, 4) is 0 Å². The number of hydrogen-bond acceptors (Lipinski definition) is 25. The quantitative estimate of drug-likeness (QED) is 0.0109. The van der Waals surface area contributed by atoms with Gasteiger partial charge in [0, 0.05) is 47.6 Å². The summed E-state index contributed by atoms with van der Waals surface area (Å²) in [6.07, 6.45) is -4.97. The second kappa shape index (κ2) is 51.3. The van der Waals surface area contributed by atoms with Crippen LogP contribution in [0.2, 0.25) is 0 Å². The number of aromatic nitrogens is 1. The number of nitrogens with one attached hydrogen (secondary N) is 14. The van der Waals surface area contributed by atoms with Crippen molar-refractivity contribution in [2.75, 3.05) is 31.9 Å². The second-order valence-electron chi connectivity index (χ2n) is 29.7. The third kappa shape index (κ3) is 35.8. The van der Waals surface area contributed by atoms with Gasteiger partial charge in [0.15, 0.2) is 5.78 Å². The van der Waals surface area contributed by atoms with Crippen LogP contribution in [-0.4, -0.2) is 248 Å². The molecule has 1 saturated heterocycles. The lowest BCUT2D eigenvalue weighted by Gasteiger charge is -2.30. The molecule has 2 heterocycles. The molecule has 1 aliphatic heterocycles. The third-order valence-electron chi connectivity index (χ3n) is 19.1. The van der Waals surface area contributed by atoms with E-state index in [0.29, 0.717) is 35.2 Å². The summed E-state index contributed by atoms with van der Waals surface area (Å²) in [5, 5.41) is 69.3. The zero-order chi connectivity index (χ0) is 91.0. The van der Waals surface area contributed by atoms with E-state index in [1.807, 2.05) is 5.32 Å². The van der Waals surface area contributed by atoms with Gasteiger partial charge in [0.05, 0.1) is 51.6 Å². The number of ketones is 1. The number of aromatic amines is 1. The van der Waals surface area contributed by atoms with E-state index in [1.54, 1.807) is 30.5 Å². The molecule has 45 heteroatoms. The van der Waals surface area contributed by atoms with Gasteiger partial charge in [0.25, 0.3) is 0 Å². The summed E-state index contributed by atoms with van der Waals surface area (Å²) in [5.74, 6) is -30.9. The molecule has 0 bridgehead atoms. The number of hydrogen-bond donors (Lipinski definition) is 23. The van der Waals surface area contributed by atoms with Gasteiger partial charge >= 0.3 is 29.8 Å². The van der Waals surface area contributed by atoms with Crippen molar-refractivity contribution in [1.82, 2.24) is 74.1 Å². The molecule has 0 aliphatic carbocycles. The first-order valence-corrected chi connectivity index (χ1v) is 39.4. The molecule has 670 valence electrons. The van der Waals surface area contributed by atoms with Gasteiger partial charge in [-0.3, -0.25) is 95.9 Å². The Morgan fingerprint density at radius 3 is 1.59 bits per heavy atom. The number of cyclic esters (lactones) is 1. The first kappa shape index (κ1) is 101. The number of rotatable bonds is 40. The Morgan fingerprint density at radius 1 is 0.492 bits per heavy atom. The maximum absolute atomic E-state index is 15.0. The molecule has 2 aromatic carbocycles. The van der Waals surface area contributed by atoms with Gasteiger partial charge in [-0.1, -0.05) is 83.2 Å². The Bertz CT molecular complexity index is 4270. The number of anilines is 1. The fraction of sp³-hybridized carbons (Fsp3) is 0.545. The van der Waals surface area contributed by atoms with Gasteiger partial charge in [0.1, 0.15) is 72.6 Å². The van der Waals surface area contributed by atoms with E-state index in [4.69, 9.17) is 33.4 Å². The minimum Gasteiger partial charge on any atom is -0.481 e. The maximum Gasteiger partial charge on any atom is 0.329 e. The average molecular weight is 1720 g/mol. The molecule has 4 rings (SSSR count). The van der Waals surface area contributed by atoms with Crippen molar-refractivity contribution < 1.29 is 126 Å². The Balaban J connectivity index is 1.92. The Morgan fingerprint density at radius 2 is 1.00 bits per heavy atom. The zero-order valence-electron chi connectivity index (χ0n) is 67.9. The molecule has 15 amide bonds. The molecule has 0 unspecified atom stereocenters. The highest BCUT2D eigenvalue weighted by atomic mass is 16.5. The van der Waals surface area contributed by atoms with Gasteiger partial charge in [-0.2, -0.15) is 0 Å². The number of benzene rings is 2. The number of carbonyl (C=O) groups excluding carboxylic acids is 17. The van der Waals surface area contributed by atoms with Crippen LogP contribution in [0.15, 0.2) is 54.7 Å². The standard InChI is InChI=1S/C77H111N19O26/c1-38(2)17-8-6-5-7-9-24-58(100)87-48(28-41-35-83-45-21-13-11-18-42(41)45)70(114)90-50(31-57(82)99)71(115)93-53(34-64(109)110)74(118)96-66-40(4)122-77(121)54(29-55(97)43-19-10-12-20-44(43)80)94-76(120)65(39(3)27-61(103)104)95-73(117)49(30-56(81)98)88-60(102)36-84-67(111)51(32-62(105)106)91-69(113)47(22-14-15-25-78)89-72(116)52(33-63(107)108)92-68(112)46(23-16-26-79)86-59(101)37-85-75(66)119/h10-13,18-21,35,38-40,46-54,65-66,83H,5-9,14-17,22-34,36-37,78-80H2,1-4H3,(H2,81,98)(H2,82,99)(H,84,111)(H,85,119)(H,86,101)(H,87,100)(H,88,102)(H,89,116)(H,90,114)(H,91,113)(H,92,112)(H,93,115)(H,94,120)(H,95,117)(H,96,118)(H,103,104)(H,105,106)(H,107,108)(H,109,110)/t39-,40+,46+,47-,48+,49-,50-,51+,52+,53+,54+,65+,66+/m1/s1. The molecule has 0 radical (unpaired) electrons. The van der Waals surface area contributed by atoms with Gasteiger partial charge in [0.2, 0.25) is 88.6 Å². The fourth-order valence-electron chi connectivity index (χ4n) is 12.7. The highest BCUT2D eigenvalue weighted by molar-refractivity contribution is 6.05. The Labute approximate surface area is 699 Å². The summed E-state index contributed by atoms with van der Waals surface area (Å²) < 4.78 is 5.71. The smallest absolute Gasteiger partial charge is 0.329 e. The van der Waals surface area contributed by atoms with E-state index in [0.717, 1.165) is 39.5 Å². The monoisotopic (exact) mass is 1720 g/mol. The van der Waals surface area contributed by atoms with Crippen molar-refractivity contribution in [3.05, 3.63) is 65.9 Å². The Kier molecular flexibility index (Phi) is 42.5. The number of nitrogens with two attached hydrogens (primary N) is 5. The number of esters is 1. The number of Topliss-reactive ketones (excluding diaryl/α,β-unsaturated/α-hetero) is 1. The number of para-hydroxylation sites is 2. The number of H-pyrrole nitrogens is 1. The van der Waals surface area contributed by atoms with Crippen LogP contribution < -0.4 is 97.8 Å². The second-order valence-corrected chi connectivity index (χ2v) is 29.7. The SMILES string of the molecule is CC(C)CCCCCCCC(=O)N[C@@H](Cc1c[nH]c2ccccc12)C(=O)N[C@H](CC(N)=O)C(=O)N[C@@H](CC(=O)O)C(=O)N[C@@H]1C(=O)NCC(=O)N[C@@H](CCCN)C(=O)N[C@@H](CC(=O)O)C(=O)N[C@H](CCCCN)C(=O)N[C@@H](CC(=O)O)C(=O)NCC(=O)N[C@H](CC(N)=O)C(=O)N[C@@H]([C@H](C)CC(=O)O)C(=O)N[C@@H](CC(=O)c2ccccc2N)C(=O)O[C@H]1C. The molecular formula is C77H111N19O26. The Hall–Kier alpha value is -13.2. The number of unbranched alkanes of at least 4 members (excludes halogenated alkanes) is 5. The number of carboxylic acids is 4. The molecule has 13 atom stereocenters. The van der Waals surface area contributed by atoms with Crippen LogP contribution in [0.1, 0.15) is 166 Å². The summed E-state index contributed by atoms with van der Waals surface area (Å²) in [6, 6.07) is -10.9. The first-order chi connectivity index (χ1) is 57.6. The third-order valence-corrected chi connectivity index (χ3v) is 19.1. The van der Waals surface area contributed by atoms with Crippen molar-refractivity contribution in [2.45, 2.75) is 229 Å². The molecule has 122 heavy (non-hydrogen) atoms. The van der Waals surface area contributed by atoms with E-state index in [9.17, 15) is 121 Å². The van der Waals surface area contributed by atoms with Crippen LogP contribution in [0.25, 0.3) is 10.9 Å². The molecule has 28 N–H and O–H groups in total. The average Bonchev–Trinajstić information content (AvgIpc) is 1.62. The van der Waals surface area contributed by atoms with Gasteiger partial charge in [-0.25, -0.2) is 4.79 Å². The molecule has 1 aromatic heterocycles. The summed E-state index contributed by atoms with van der Waals surface area (Å²) in [5.41, 5.74) is 29.2. The van der Waals surface area contributed by atoms with Gasteiger partial charge in [-0.15, -0.1) is 0 Å².